The molecule has 0 saturated carbocycles. The van der Waals surface area contributed by atoms with E-state index in [-0.39, 0.29) is 11.5 Å². The van der Waals surface area contributed by atoms with Crippen molar-refractivity contribution in [2.45, 2.75) is 25.8 Å². The molecule has 1 unspecified atom stereocenters. The van der Waals surface area contributed by atoms with Crippen molar-refractivity contribution in [3.8, 4) is 0 Å². The molecule has 0 amide bonds. The number of sulfone groups is 1. The number of nitrogens with zero attached hydrogens (tertiary/aromatic N) is 1. The third-order valence-electron chi connectivity index (χ3n) is 2.90. The van der Waals surface area contributed by atoms with Crippen molar-refractivity contribution in [1.82, 2.24) is 4.90 Å². The van der Waals surface area contributed by atoms with Gasteiger partial charge in [-0.2, -0.15) is 0 Å². The lowest BCUT2D eigenvalue weighted by molar-refractivity contribution is 0.273. The molecule has 0 aromatic heterocycles. The second kappa shape index (κ2) is 5.09. The van der Waals surface area contributed by atoms with Gasteiger partial charge in [-0.25, -0.2) is 8.42 Å². The number of nitrogens with two attached hydrogens (primary N) is 1. The quantitative estimate of drug-likeness (QED) is 0.699. The number of rotatable bonds is 5. The van der Waals surface area contributed by atoms with E-state index in [9.17, 15) is 8.42 Å². The molecule has 5 heteroatoms. The molecule has 1 fully saturated rings. The van der Waals surface area contributed by atoms with Crippen molar-refractivity contribution in [2.75, 3.05) is 31.1 Å². The van der Waals surface area contributed by atoms with Crippen LogP contribution in [0.4, 0.5) is 0 Å². The molecule has 0 spiro atoms. The first-order valence-electron chi connectivity index (χ1n) is 5.23. The Labute approximate surface area is 86.4 Å². The van der Waals surface area contributed by atoms with E-state index in [2.05, 4.69) is 4.90 Å². The fourth-order valence-electron chi connectivity index (χ4n) is 1.86. The molecule has 1 heterocycles. The van der Waals surface area contributed by atoms with Crippen LogP contribution < -0.4 is 5.73 Å². The lowest BCUT2D eigenvalue weighted by Crippen LogP contribution is -2.38. The zero-order valence-corrected chi connectivity index (χ0v) is 9.59. The number of hydrogen-bond acceptors (Lipinski definition) is 4. The molecule has 1 aliphatic rings. The zero-order valence-electron chi connectivity index (χ0n) is 8.78. The second-order valence-corrected chi connectivity index (χ2v) is 6.28. The van der Waals surface area contributed by atoms with Crippen LogP contribution in [-0.2, 0) is 9.84 Å². The van der Waals surface area contributed by atoms with Gasteiger partial charge in [0.25, 0.3) is 0 Å². The summed E-state index contributed by atoms with van der Waals surface area (Å²) in [4.78, 5) is 2.20. The lowest BCUT2D eigenvalue weighted by atomic mass is 10.2. The highest BCUT2D eigenvalue weighted by Crippen LogP contribution is 2.15. The minimum Gasteiger partial charge on any atom is -0.329 e. The van der Waals surface area contributed by atoms with Crippen LogP contribution in [0.5, 0.6) is 0 Å². The average Bonchev–Trinajstić information content (AvgIpc) is 2.62. The molecule has 0 radical (unpaired) electrons. The summed E-state index contributed by atoms with van der Waals surface area (Å²) >= 11 is 0. The van der Waals surface area contributed by atoms with Gasteiger partial charge in [0.2, 0.25) is 0 Å². The van der Waals surface area contributed by atoms with Gasteiger partial charge in [-0.15, -0.1) is 0 Å². The van der Waals surface area contributed by atoms with Crippen molar-refractivity contribution in [1.29, 1.82) is 0 Å². The Hall–Kier alpha value is -0.130. The maximum Gasteiger partial charge on any atom is 0.151 e. The van der Waals surface area contributed by atoms with Gasteiger partial charge < -0.3 is 5.73 Å². The summed E-state index contributed by atoms with van der Waals surface area (Å²) in [5.41, 5.74) is 5.60. The lowest BCUT2D eigenvalue weighted by Gasteiger charge is -2.22. The summed E-state index contributed by atoms with van der Waals surface area (Å²) < 4.78 is 22.6. The van der Waals surface area contributed by atoms with Crippen LogP contribution in [0.1, 0.15) is 19.8 Å². The highest BCUT2D eigenvalue weighted by Gasteiger charge is 2.23. The molecule has 0 bridgehead atoms. The van der Waals surface area contributed by atoms with Crippen molar-refractivity contribution in [3.05, 3.63) is 0 Å². The minimum absolute atomic E-state index is 0.244. The van der Waals surface area contributed by atoms with Gasteiger partial charge in [0.1, 0.15) is 0 Å². The summed E-state index contributed by atoms with van der Waals surface area (Å²) in [6.45, 7) is 3.99. The van der Waals surface area contributed by atoms with E-state index in [1.165, 1.54) is 0 Å². The van der Waals surface area contributed by atoms with Crippen molar-refractivity contribution < 1.29 is 8.42 Å². The van der Waals surface area contributed by atoms with Crippen LogP contribution in [0.15, 0.2) is 0 Å². The third-order valence-corrected chi connectivity index (χ3v) is 4.58. The highest BCUT2D eigenvalue weighted by atomic mass is 32.2. The van der Waals surface area contributed by atoms with Crippen LogP contribution >= 0.6 is 0 Å². The number of hydrogen-bond donors (Lipinski definition) is 1. The van der Waals surface area contributed by atoms with E-state index in [0.717, 1.165) is 19.4 Å². The molecule has 1 atom stereocenters. The smallest absolute Gasteiger partial charge is 0.151 e. The molecule has 1 aliphatic heterocycles. The van der Waals surface area contributed by atoms with E-state index in [0.29, 0.717) is 19.1 Å². The molecule has 14 heavy (non-hydrogen) atoms. The Morgan fingerprint density at radius 2 is 2.21 bits per heavy atom. The summed E-state index contributed by atoms with van der Waals surface area (Å²) in [5.74, 6) is 0.522. The van der Waals surface area contributed by atoms with Gasteiger partial charge in [-0.1, -0.05) is 6.92 Å². The second-order valence-electron chi connectivity index (χ2n) is 3.80. The predicted octanol–water partition coefficient (Wildman–Crippen LogP) is -0.156. The van der Waals surface area contributed by atoms with Crippen LogP contribution in [-0.4, -0.2) is 50.5 Å². The van der Waals surface area contributed by atoms with Crippen molar-refractivity contribution in [3.63, 3.8) is 0 Å². The fourth-order valence-corrected chi connectivity index (χ4v) is 2.66. The largest absolute Gasteiger partial charge is 0.329 e. The molecule has 2 N–H and O–H groups in total. The van der Waals surface area contributed by atoms with Crippen molar-refractivity contribution >= 4 is 9.84 Å². The molecule has 84 valence electrons. The van der Waals surface area contributed by atoms with E-state index in [4.69, 9.17) is 5.73 Å². The topological polar surface area (TPSA) is 63.4 Å². The SMILES string of the molecule is CCS(=O)(=O)CCN1CCCC1CN. The average molecular weight is 220 g/mol. The van der Waals surface area contributed by atoms with E-state index >= 15 is 0 Å². The number of likely N-dealkylation sites (tertiary alicyclic amines) is 1. The first-order valence-corrected chi connectivity index (χ1v) is 7.05. The van der Waals surface area contributed by atoms with Gasteiger partial charge in [0, 0.05) is 24.9 Å². The molecular weight excluding hydrogens is 200 g/mol. The van der Waals surface area contributed by atoms with E-state index in [1.807, 2.05) is 0 Å². The molecule has 0 aromatic carbocycles. The Morgan fingerprint density at radius 3 is 2.79 bits per heavy atom. The van der Waals surface area contributed by atoms with Gasteiger partial charge in [0.15, 0.2) is 9.84 Å². The maximum atomic E-state index is 11.3. The minimum atomic E-state index is -2.82. The summed E-state index contributed by atoms with van der Waals surface area (Å²) in [5, 5.41) is 0. The first kappa shape index (κ1) is 11.9. The third kappa shape index (κ3) is 3.22. The predicted molar refractivity (Wildman–Crippen MR) is 58.0 cm³/mol. The van der Waals surface area contributed by atoms with E-state index < -0.39 is 9.84 Å². The molecule has 0 aliphatic carbocycles. The molecule has 1 saturated heterocycles. The Morgan fingerprint density at radius 1 is 1.50 bits per heavy atom. The maximum absolute atomic E-state index is 11.3. The van der Waals surface area contributed by atoms with Crippen LogP contribution in [0.25, 0.3) is 0 Å². The first-order chi connectivity index (χ1) is 6.59. The van der Waals surface area contributed by atoms with Gasteiger partial charge in [-0.05, 0) is 19.4 Å². The van der Waals surface area contributed by atoms with Gasteiger partial charge in [-0.3, -0.25) is 4.90 Å². The van der Waals surface area contributed by atoms with Gasteiger partial charge in [0.05, 0.1) is 5.75 Å². The molecule has 4 nitrogen and oxygen atoms in total. The Bertz CT molecular complexity index is 264. The van der Waals surface area contributed by atoms with Crippen LogP contribution in [0, 0.1) is 0 Å². The monoisotopic (exact) mass is 220 g/mol. The normalized spacial score (nSPS) is 24.3. The highest BCUT2D eigenvalue weighted by molar-refractivity contribution is 7.91. The van der Waals surface area contributed by atoms with Crippen molar-refractivity contribution in [2.24, 2.45) is 5.73 Å². The summed E-state index contributed by atoms with van der Waals surface area (Å²) in [6.07, 6.45) is 2.26. The fraction of sp³-hybridized carbons (Fsp3) is 1.00. The Balaban J connectivity index is 2.38. The van der Waals surface area contributed by atoms with Gasteiger partial charge >= 0.3 is 0 Å². The summed E-state index contributed by atoms with van der Waals surface area (Å²) in [7, 11) is -2.82. The standard InChI is InChI=1S/C9H20N2O2S/c1-2-14(12,13)7-6-11-5-3-4-9(11)8-10/h9H,2-8,10H2,1H3. The van der Waals surface area contributed by atoms with Crippen LogP contribution in [0.2, 0.25) is 0 Å². The molecule has 0 aromatic rings. The molecule has 1 rings (SSSR count). The molecular formula is C9H20N2O2S. The Kier molecular flexibility index (Phi) is 4.34. The van der Waals surface area contributed by atoms with Crippen LogP contribution in [0.3, 0.4) is 0 Å². The van der Waals surface area contributed by atoms with E-state index in [1.54, 1.807) is 6.92 Å². The zero-order chi connectivity index (χ0) is 10.6. The summed E-state index contributed by atoms with van der Waals surface area (Å²) in [6, 6.07) is 0.405.